The molecule has 0 rings (SSSR count). The lowest BCUT2D eigenvalue weighted by Crippen LogP contribution is -2.40. The zero-order chi connectivity index (χ0) is 12.7. The van der Waals surface area contributed by atoms with Crippen LogP contribution in [0.3, 0.4) is 0 Å². The van der Waals surface area contributed by atoms with Crippen LogP contribution in [0.5, 0.6) is 0 Å². The van der Waals surface area contributed by atoms with Gasteiger partial charge in [-0.3, -0.25) is 9.59 Å². The van der Waals surface area contributed by atoms with E-state index in [0.29, 0.717) is 0 Å². The molecule has 0 aliphatic carbocycles. The molecule has 0 saturated heterocycles. The van der Waals surface area contributed by atoms with E-state index < -0.39 is 24.0 Å². The number of aliphatic hydroxyl groups is 1. The van der Waals surface area contributed by atoms with Crippen LogP contribution in [-0.4, -0.2) is 36.4 Å². The normalized spacial score (nSPS) is 12.7. The Bertz CT molecular complexity index is 219. The Morgan fingerprint density at radius 3 is 1.69 bits per heavy atom. The van der Waals surface area contributed by atoms with E-state index in [0.717, 1.165) is 0 Å². The highest BCUT2D eigenvalue weighted by atomic mass is 16.6. The van der Waals surface area contributed by atoms with E-state index in [9.17, 15) is 14.7 Å². The molecule has 1 atom stereocenters. The molecule has 94 valence electrons. The first-order valence-electron chi connectivity index (χ1n) is 5.46. The van der Waals surface area contributed by atoms with Crippen LogP contribution in [0.1, 0.15) is 27.7 Å². The van der Waals surface area contributed by atoms with Crippen molar-refractivity contribution in [2.75, 3.05) is 13.2 Å². The number of carbonyl (C=O) groups excluding carboxylic acids is 2. The number of esters is 2. The second-order valence-electron chi connectivity index (χ2n) is 3.72. The van der Waals surface area contributed by atoms with Gasteiger partial charge < -0.3 is 14.6 Å². The Morgan fingerprint density at radius 1 is 1.06 bits per heavy atom. The highest BCUT2D eigenvalue weighted by Gasteiger charge is 2.37. The summed E-state index contributed by atoms with van der Waals surface area (Å²) in [5.41, 5.74) is 0. The summed E-state index contributed by atoms with van der Waals surface area (Å²) in [4.78, 5) is 23.0. The second-order valence-corrected chi connectivity index (χ2v) is 3.72. The quantitative estimate of drug-likeness (QED) is 0.540. The standard InChI is InChI=1S/C11H20O5/c1-5-15-10(13)8(9(12)7(3)4)11(14)16-6-2/h7-9,12H,5-6H2,1-4H3. The summed E-state index contributed by atoms with van der Waals surface area (Å²) in [6, 6.07) is 0. The monoisotopic (exact) mass is 232 g/mol. The van der Waals surface area contributed by atoms with Crippen LogP contribution in [-0.2, 0) is 19.1 Å². The molecule has 16 heavy (non-hydrogen) atoms. The Balaban J connectivity index is 4.75. The molecular formula is C11H20O5. The van der Waals surface area contributed by atoms with E-state index in [1.54, 1.807) is 27.7 Å². The van der Waals surface area contributed by atoms with Crippen molar-refractivity contribution in [1.29, 1.82) is 0 Å². The van der Waals surface area contributed by atoms with Gasteiger partial charge in [-0.25, -0.2) is 0 Å². The smallest absolute Gasteiger partial charge is 0.323 e. The Hall–Kier alpha value is -1.10. The summed E-state index contributed by atoms with van der Waals surface area (Å²) in [5.74, 6) is -2.94. The molecule has 0 fully saturated rings. The van der Waals surface area contributed by atoms with E-state index in [2.05, 4.69) is 0 Å². The maximum absolute atomic E-state index is 11.5. The third-order valence-electron chi connectivity index (χ3n) is 2.11. The first-order valence-corrected chi connectivity index (χ1v) is 5.46. The molecule has 0 aliphatic rings. The predicted molar refractivity (Wildman–Crippen MR) is 57.6 cm³/mol. The van der Waals surface area contributed by atoms with Crippen LogP contribution < -0.4 is 0 Å². The van der Waals surface area contributed by atoms with Gasteiger partial charge in [0.15, 0.2) is 5.92 Å². The van der Waals surface area contributed by atoms with Gasteiger partial charge in [0.2, 0.25) is 0 Å². The van der Waals surface area contributed by atoms with Crippen molar-refractivity contribution in [3.8, 4) is 0 Å². The number of ether oxygens (including phenoxy) is 2. The molecule has 0 bridgehead atoms. The van der Waals surface area contributed by atoms with Gasteiger partial charge >= 0.3 is 11.9 Å². The maximum atomic E-state index is 11.5. The highest BCUT2D eigenvalue weighted by Crippen LogP contribution is 2.16. The molecule has 0 aromatic carbocycles. The zero-order valence-corrected chi connectivity index (χ0v) is 10.2. The second kappa shape index (κ2) is 7.22. The molecule has 0 aromatic heterocycles. The van der Waals surface area contributed by atoms with E-state index in [-0.39, 0.29) is 19.1 Å². The van der Waals surface area contributed by atoms with Crippen LogP contribution in [0.2, 0.25) is 0 Å². The largest absolute Gasteiger partial charge is 0.465 e. The minimum Gasteiger partial charge on any atom is -0.465 e. The van der Waals surface area contributed by atoms with E-state index >= 15 is 0 Å². The van der Waals surface area contributed by atoms with Crippen LogP contribution in [0.15, 0.2) is 0 Å². The van der Waals surface area contributed by atoms with E-state index in [4.69, 9.17) is 9.47 Å². The van der Waals surface area contributed by atoms with Crippen LogP contribution in [0.4, 0.5) is 0 Å². The highest BCUT2D eigenvalue weighted by molar-refractivity contribution is 5.95. The van der Waals surface area contributed by atoms with Gasteiger partial charge in [-0.05, 0) is 19.8 Å². The van der Waals surface area contributed by atoms with Crippen molar-refractivity contribution < 1.29 is 24.2 Å². The summed E-state index contributed by atoms with van der Waals surface area (Å²) in [5, 5.41) is 9.78. The average Bonchev–Trinajstić information content (AvgIpc) is 2.18. The molecule has 0 amide bonds. The van der Waals surface area contributed by atoms with Gasteiger partial charge in [-0.2, -0.15) is 0 Å². The van der Waals surface area contributed by atoms with Gasteiger partial charge in [0.1, 0.15) is 0 Å². The topological polar surface area (TPSA) is 72.8 Å². The lowest BCUT2D eigenvalue weighted by Gasteiger charge is -2.22. The molecular weight excluding hydrogens is 212 g/mol. The fourth-order valence-electron chi connectivity index (χ4n) is 1.22. The molecule has 0 aliphatic heterocycles. The number of rotatable bonds is 6. The molecule has 1 N–H and O–H groups in total. The lowest BCUT2D eigenvalue weighted by atomic mass is 9.93. The predicted octanol–water partition coefficient (Wildman–Crippen LogP) is 0.746. The van der Waals surface area contributed by atoms with Gasteiger partial charge in [-0.15, -0.1) is 0 Å². The zero-order valence-electron chi connectivity index (χ0n) is 10.2. The van der Waals surface area contributed by atoms with Gasteiger partial charge in [0.05, 0.1) is 19.3 Å². The third-order valence-corrected chi connectivity index (χ3v) is 2.11. The Labute approximate surface area is 95.7 Å². The van der Waals surface area contributed by atoms with Gasteiger partial charge in [0.25, 0.3) is 0 Å². The minimum atomic E-state index is -1.25. The lowest BCUT2D eigenvalue weighted by molar-refractivity contribution is -0.168. The SMILES string of the molecule is CCOC(=O)C(C(=O)OCC)C(O)C(C)C. The number of aliphatic hydroxyl groups excluding tert-OH is 1. The third kappa shape index (κ3) is 4.18. The number of hydrogen-bond donors (Lipinski definition) is 1. The van der Waals surface area contributed by atoms with Crippen LogP contribution in [0, 0.1) is 11.8 Å². The number of carbonyl (C=O) groups is 2. The molecule has 0 aromatic rings. The fourth-order valence-corrected chi connectivity index (χ4v) is 1.22. The number of hydrogen-bond acceptors (Lipinski definition) is 5. The Kier molecular flexibility index (Phi) is 6.72. The summed E-state index contributed by atoms with van der Waals surface area (Å²) >= 11 is 0. The van der Waals surface area contributed by atoms with Crippen molar-refractivity contribution in [2.45, 2.75) is 33.8 Å². The van der Waals surface area contributed by atoms with Crippen molar-refractivity contribution in [2.24, 2.45) is 11.8 Å². The van der Waals surface area contributed by atoms with E-state index in [1.807, 2.05) is 0 Å². The summed E-state index contributed by atoms with van der Waals surface area (Å²) < 4.78 is 9.49. The first kappa shape index (κ1) is 14.9. The maximum Gasteiger partial charge on any atom is 0.323 e. The average molecular weight is 232 g/mol. The van der Waals surface area contributed by atoms with Crippen molar-refractivity contribution in [3.05, 3.63) is 0 Å². The van der Waals surface area contributed by atoms with Crippen LogP contribution in [0.25, 0.3) is 0 Å². The molecule has 5 nitrogen and oxygen atoms in total. The first-order chi connectivity index (χ1) is 7.45. The summed E-state index contributed by atoms with van der Waals surface area (Å²) in [7, 11) is 0. The molecule has 0 saturated carbocycles. The summed E-state index contributed by atoms with van der Waals surface area (Å²) in [6.45, 7) is 7.05. The van der Waals surface area contributed by atoms with Crippen molar-refractivity contribution in [1.82, 2.24) is 0 Å². The molecule has 0 radical (unpaired) electrons. The Morgan fingerprint density at radius 2 is 1.44 bits per heavy atom. The van der Waals surface area contributed by atoms with Gasteiger partial charge in [-0.1, -0.05) is 13.8 Å². The van der Waals surface area contributed by atoms with Gasteiger partial charge in [0, 0.05) is 0 Å². The molecule has 5 heteroatoms. The minimum absolute atomic E-state index is 0.166. The molecule has 0 heterocycles. The summed E-state index contributed by atoms with van der Waals surface area (Å²) in [6.07, 6.45) is -1.09. The molecule has 0 spiro atoms. The van der Waals surface area contributed by atoms with Crippen LogP contribution >= 0.6 is 0 Å². The fraction of sp³-hybridized carbons (Fsp3) is 0.818. The van der Waals surface area contributed by atoms with E-state index in [1.165, 1.54) is 0 Å². The van der Waals surface area contributed by atoms with Crippen molar-refractivity contribution >= 4 is 11.9 Å². The molecule has 1 unspecified atom stereocenters. The van der Waals surface area contributed by atoms with Crippen molar-refractivity contribution in [3.63, 3.8) is 0 Å².